The second-order valence-electron chi connectivity index (χ2n) is 7.04. The van der Waals surface area contributed by atoms with E-state index in [9.17, 15) is 18.3 Å². The highest BCUT2D eigenvalue weighted by atomic mass is 32.2. The summed E-state index contributed by atoms with van der Waals surface area (Å²) in [6.45, 7) is 8.52. The van der Waals surface area contributed by atoms with Crippen molar-refractivity contribution in [1.82, 2.24) is 10.0 Å². The Balaban J connectivity index is 2.82. The van der Waals surface area contributed by atoms with Crippen LogP contribution in [0.15, 0.2) is 41.3 Å². The highest BCUT2D eigenvalue weighted by Crippen LogP contribution is 2.10. The van der Waals surface area contributed by atoms with Crippen molar-refractivity contribution in [3.05, 3.63) is 42.0 Å². The van der Waals surface area contributed by atoms with Crippen molar-refractivity contribution in [3.63, 3.8) is 0 Å². The van der Waals surface area contributed by atoms with Crippen LogP contribution < -0.4 is 10.0 Å². The standard InChI is InChI=1S/C18H28N2O5S/c1-13-6-10-16(11-7-13)26(23,24)19-12-15(9-8-14(2)21)20-17(22)25-18(3,4)5/h6-11,14-15,19,21H,12H2,1-5H3,(H,20,22)/b9-8-/t14-,15-/m1/s1. The van der Waals surface area contributed by atoms with E-state index >= 15 is 0 Å². The van der Waals surface area contributed by atoms with Crippen LogP contribution in [0, 0.1) is 6.92 Å². The van der Waals surface area contributed by atoms with Crippen molar-refractivity contribution in [2.75, 3.05) is 6.54 Å². The van der Waals surface area contributed by atoms with E-state index in [2.05, 4.69) is 10.0 Å². The fourth-order valence-corrected chi connectivity index (χ4v) is 2.98. The van der Waals surface area contributed by atoms with Gasteiger partial charge >= 0.3 is 6.09 Å². The maximum absolute atomic E-state index is 12.4. The van der Waals surface area contributed by atoms with Gasteiger partial charge in [0.1, 0.15) is 5.60 Å². The number of rotatable bonds is 7. The molecule has 0 saturated heterocycles. The smallest absolute Gasteiger partial charge is 0.408 e. The van der Waals surface area contributed by atoms with Gasteiger partial charge in [-0.15, -0.1) is 0 Å². The molecule has 3 N–H and O–H groups in total. The van der Waals surface area contributed by atoms with Crippen molar-refractivity contribution in [1.29, 1.82) is 0 Å². The average molecular weight is 384 g/mol. The Hall–Kier alpha value is -1.90. The van der Waals surface area contributed by atoms with Gasteiger partial charge in [-0.2, -0.15) is 0 Å². The number of aliphatic hydroxyl groups excluding tert-OH is 1. The molecule has 26 heavy (non-hydrogen) atoms. The van der Waals surface area contributed by atoms with Crippen molar-refractivity contribution < 1.29 is 23.1 Å². The monoisotopic (exact) mass is 384 g/mol. The van der Waals surface area contributed by atoms with Gasteiger partial charge in [0.2, 0.25) is 10.0 Å². The minimum atomic E-state index is -3.72. The maximum atomic E-state index is 12.4. The SMILES string of the molecule is Cc1ccc(S(=O)(=O)NC[C@@H](/C=C\[C@@H](C)O)NC(=O)OC(C)(C)C)cc1. The predicted octanol–water partition coefficient (Wildman–Crippen LogP) is 2.10. The number of aliphatic hydroxyl groups is 1. The highest BCUT2D eigenvalue weighted by molar-refractivity contribution is 7.89. The fraction of sp³-hybridized carbons (Fsp3) is 0.500. The first-order chi connectivity index (χ1) is 11.9. The Labute approximate surface area is 155 Å². The lowest BCUT2D eigenvalue weighted by Gasteiger charge is -2.22. The number of aryl methyl sites for hydroxylation is 1. The molecule has 0 unspecified atom stereocenters. The molecule has 0 spiro atoms. The van der Waals surface area contributed by atoms with Gasteiger partial charge in [-0.25, -0.2) is 17.9 Å². The Bertz CT molecular complexity index is 719. The minimum absolute atomic E-state index is 0.0847. The van der Waals surface area contributed by atoms with Crippen LogP contribution in [0.1, 0.15) is 33.3 Å². The van der Waals surface area contributed by atoms with Crippen LogP contribution in [0.5, 0.6) is 0 Å². The third-order valence-corrected chi connectivity index (χ3v) is 4.59. The Morgan fingerprint density at radius 1 is 1.23 bits per heavy atom. The number of ether oxygens (including phenoxy) is 1. The summed E-state index contributed by atoms with van der Waals surface area (Å²) >= 11 is 0. The molecule has 2 atom stereocenters. The first kappa shape index (κ1) is 22.1. The number of sulfonamides is 1. The summed E-state index contributed by atoms with van der Waals surface area (Å²) in [5, 5.41) is 12.0. The predicted molar refractivity (Wildman–Crippen MR) is 100 cm³/mol. The molecule has 0 aliphatic rings. The van der Waals surface area contributed by atoms with Gasteiger partial charge < -0.3 is 15.2 Å². The van der Waals surface area contributed by atoms with Crippen molar-refractivity contribution in [2.24, 2.45) is 0 Å². The summed E-state index contributed by atoms with van der Waals surface area (Å²) < 4.78 is 32.4. The topological polar surface area (TPSA) is 105 Å². The molecule has 0 bridgehead atoms. The zero-order valence-corrected chi connectivity index (χ0v) is 16.6. The van der Waals surface area contributed by atoms with E-state index in [1.54, 1.807) is 39.8 Å². The number of hydrogen-bond acceptors (Lipinski definition) is 5. The number of hydrogen-bond donors (Lipinski definition) is 3. The maximum Gasteiger partial charge on any atom is 0.408 e. The first-order valence-electron chi connectivity index (χ1n) is 8.31. The van der Waals surface area contributed by atoms with Crippen LogP contribution in [-0.4, -0.2) is 43.9 Å². The van der Waals surface area contributed by atoms with Crippen LogP contribution >= 0.6 is 0 Å². The van der Waals surface area contributed by atoms with Gasteiger partial charge in [0, 0.05) is 6.54 Å². The van der Waals surface area contributed by atoms with E-state index in [-0.39, 0.29) is 11.4 Å². The first-order valence-corrected chi connectivity index (χ1v) is 9.79. The molecular formula is C18H28N2O5S. The van der Waals surface area contributed by atoms with Gasteiger partial charge in [-0.05, 0) is 46.8 Å². The molecule has 0 fully saturated rings. The van der Waals surface area contributed by atoms with E-state index in [4.69, 9.17) is 4.74 Å². The number of carbonyl (C=O) groups is 1. The molecule has 1 amide bonds. The molecule has 0 radical (unpaired) electrons. The average Bonchev–Trinajstić information content (AvgIpc) is 2.48. The number of benzene rings is 1. The van der Waals surface area contributed by atoms with Crippen LogP contribution in [-0.2, 0) is 14.8 Å². The van der Waals surface area contributed by atoms with Gasteiger partial charge in [0.25, 0.3) is 0 Å². The van der Waals surface area contributed by atoms with Crippen LogP contribution in [0.4, 0.5) is 4.79 Å². The summed E-state index contributed by atoms with van der Waals surface area (Å²) in [5.41, 5.74) is 0.276. The second kappa shape index (κ2) is 9.16. The quantitative estimate of drug-likeness (QED) is 0.625. The molecular weight excluding hydrogens is 356 g/mol. The highest BCUT2D eigenvalue weighted by Gasteiger charge is 2.20. The van der Waals surface area contributed by atoms with Gasteiger partial charge in [0.15, 0.2) is 0 Å². The third-order valence-electron chi connectivity index (χ3n) is 3.15. The van der Waals surface area contributed by atoms with E-state index in [0.29, 0.717) is 0 Å². The third kappa shape index (κ3) is 8.46. The molecule has 0 aromatic heterocycles. The normalized spacial score (nSPS) is 14.8. The molecule has 1 aromatic rings. The molecule has 146 valence electrons. The van der Waals surface area contributed by atoms with E-state index in [0.717, 1.165) is 5.56 Å². The minimum Gasteiger partial charge on any atom is -0.444 e. The largest absolute Gasteiger partial charge is 0.444 e. The van der Waals surface area contributed by atoms with Crippen LogP contribution in [0.25, 0.3) is 0 Å². The van der Waals surface area contributed by atoms with Crippen LogP contribution in [0.3, 0.4) is 0 Å². The lowest BCUT2D eigenvalue weighted by atomic mass is 10.2. The molecule has 0 aliphatic carbocycles. The Morgan fingerprint density at radius 2 is 1.81 bits per heavy atom. The van der Waals surface area contributed by atoms with Gasteiger partial charge in [-0.3, -0.25) is 0 Å². The Kier molecular flexibility index (Phi) is 7.80. The van der Waals surface area contributed by atoms with Gasteiger partial charge in [0.05, 0.1) is 17.0 Å². The van der Waals surface area contributed by atoms with E-state index < -0.39 is 33.9 Å². The number of carbonyl (C=O) groups excluding carboxylic acids is 1. The lowest BCUT2D eigenvalue weighted by Crippen LogP contribution is -2.44. The second-order valence-corrected chi connectivity index (χ2v) is 8.81. The fourth-order valence-electron chi connectivity index (χ4n) is 1.92. The van der Waals surface area contributed by atoms with E-state index in [1.165, 1.54) is 24.3 Å². The molecule has 1 rings (SSSR count). The molecule has 0 aliphatic heterocycles. The molecule has 0 saturated carbocycles. The summed E-state index contributed by atoms with van der Waals surface area (Å²) in [5.74, 6) is 0. The number of alkyl carbamates (subject to hydrolysis) is 1. The van der Waals surface area contributed by atoms with Gasteiger partial charge in [-0.1, -0.05) is 29.8 Å². The summed E-state index contributed by atoms with van der Waals surface area (Å²) in [6.07, 6.45) is 1.58. The Morgan fingerprint density at radius 3 is 2.31 bits per heavy atom. The summed E-state index contributed by atoms with van der Waals surface area (Å²) in [4.78, 5) is 12.1. The van der Waals surface area contributed by atoms with Crippen molar-refractivity contribution in [2.45, 2.75) is 57.3 Å². The summed E-state index contributed by atoms with van der Waals surface area (Å²) in [7, 11) is -3.72. The molecule has 1 aromatic carbocycles. The number of nitrogens with one attached hydrogen (secondary N) is 2. The lowest BCUT2D eigenvalue weighted by molar-refractivity contribution is 0.0514. The summed E-state index contributed by atoms with van der Waals surface area (Å²) in [6, 6.07) is 5.76. The van der Waals surface area contributed by atoms with Crippen LogP contribution in [0.2, 0.25) is 0 Å². The zero-order valence-electron chi connectivity index (χ0n) is 15.8. The zero-order chi connectivity index (χ0) is 20.0. The van der Waals surface area contributed by atoms with E-state index in [1.807, 2.05) is 6.92 Å². The molecule has 7 nitrogen and oxygen atoms in total. The molecule has 8 heteroatoms. The number of amides is 1. The van der Waals surface area contributed by atoms with Crippen molar-refractivity contribution in [3.8, 4) is 0 Å². The van der Waals surface area contributed by atoms with Crippen molar-refractivity contribution >= 4 is 16.1 Å². The molecule has 0 heterocycles.